The molecule has 0 saturated carbocycles. The number of rotatable bonds is 7. The number of furan rings is 1. The molecule has 33 heavy (non-hydrogen) atoms. The Morgan fingerprint density at radius 3 is 2.79 bits per heavy atom. The number of fused-ring (bicyclic) bond motifs is 1. The van der Waals surface area contributed by atoms with Crippen LogP contribution in [0, 0.1) is 6.92 Å². The van der Waals surface area contributed by atoms with Crippen LogP contribution in [-0.2, 0) is 19.4 Å². The van der Waals surface area contributed by atoms with Crippen LogP contribution in [0.25, 0.3) is 10.2 Å². The summed E-state index contributed by atoms with van der Waals surface area (Å²) < 4.78 is 6.69. The van der Waals surface area contributed by atoms with Crippen LogP contribution in [0.2, 0.25) is 0 Å². The highest BCUT2D eigenvalue weighted by molar-refractivity contribution is 7.16. The van der Waals surface area contributed by atoms with E-state index in [0.717, 1.165) is 40.5 Å². The maximum atomic E-state index is 12.6. The number of aryl methyl sites for hydroxylation is 1. The molecule has 0 aliphatic carbocycles. The van der Waals surface area contributed by atoms with Crippen molar-refractivity contribution in [1.29, 1.82) is 0 Å². The fourth-order valence-corrected chi connectivity index (χ4v) is 4.44. The largest absolute Gasteiger partial charge is 0.465 e. The number of hydrogen-bond donors (Lipinski definition) is 1. The summed E-state index contributed by atoms with van der Waals surface area (Å²) in [6.45, 7) is 2.24. The Morgan fingerprint density at radius 1 is 1.00 bits per heavy atom. The van der Waals surface area contributed by atoms with Crippen molar-refractivity contribution in [3.63, 3.8) is 0 Å². The van der Waals surface area contributed by atoms with Crippen molar-refractivity contribution in [2.45, 2.75) is 26.3 Å². The topological polar surface area (TPSA) is 80.9 Å². The second kappa shape index (κ2) is 9.34. The molecule has 164 valence electrons. The quantitative estimate of drug-likeness (QED) is 0.370. The highest BCUT2D eigenvalue weighted by atomic mass is 32.1. The molecule has 0 aliphatic rings. The highest BCUT2D eigenvalue weighted by Crippen LogP contribution is 2.20. The Morgan fingerprint density at radius 2 is 1.91 bits per heavy atom. The summed E-state index contributed by atoms with van der Waals surface area (Å²) >= 11 is 1.64. The van der Waals surface area contributed by atoms with Gasteiger partial charge < -0.3 is 9.73 Å². The molecule has 0 radical (unpaired) electrons. The molecule has 0 fully saturated rings. The standard InChI is InChI=1S/C26H22N4O2S/c1-17-5-7-22(32-17)15-28-26(31)20-4-2-3-18(11-20)14-25-27-10-9-21(30-25)12-19-6-8-23-24(13-19)33-16-29-23/h2-11,13,16H,12,14-15H2,1H3,(H,28,31). The van der Waals surface area contributed by atoms with E-state index < -0.39 is 0 Å². The first-order chi connectivity index (χ1) is 16.1. The van der Waals surface area contributed by atoms with Gasteiger partial charge in [-0.05, 0) is 60.5 Å². The number of hydrogen-bond acceptors (Lipinski definition) is 6. The molecule has 6 nitrogen and oxygen atoms in total. The van der Waals surface area contributed by atoms with E-state index in [1.54, 1.807) is 23.6 Å². The number of nitrogens with one attached hydrogen (secondary N) is 1. The van der Waals surface area contributed by atoms with Crippen molar-refractivity contribution in [2.24, 2.45) is 0 Å². The molecule has 1 amide bonds. The van der Waals surface area contributed by atoms with E-state index >= 15 is 0 Å². The molecular weight excluding hydrogens is 432 g/mol. The first-order valence-corrected chi connectivity index (χ1v) is 11.6. The van der Waals surface area contributed by atoms with E-state index in [-0.39, 0.29) is 5.91 Å². The monoisotopic (exact) mass is 454 g/mol. The van der Waals surface area contributed by atoms with Crippen molar-refractivity contribution >= 4 is 27.5 Å². The van der Waals surface area contributed by atoms with Gasteiger partial charge in [0.25, 0.3) is 5.91 Å². The van der Waals surface area contributed by atoms with Crippen LogP contribution >= 0.6 is 11.3 Å². The lowest BCUT2D eigenvalue weighted by Gasteiger charge is -2.07. The van der Waals surface area contributed by atoms with Gasteiger partial charge in [0, 0.05) is 30.3 Å². The van der Waals surface area contributed by atoms with Crippen LogP contribution in [0.1, 0.15) is 44.5 Å². The number of carbonyl (C=O) groups is 1. The summed E-state index contributed by atoms with van der Waals surface area (Å²) in [7, 11) is 0. The molecule has 0 saturated heterocycles. The van der Waals surface area contributed by atoms with Crippen LogP contribution in [0.5, 0.6) is 0 Å². The molecule has 0 bridgehead atoms. The van der Waals surface area contributed by atoms with Crippen molar-refractivity contribution in [2.75, 3.05) is 0 Å². The third-order valence-corrected chi connectivity index (χ3v) is 6.11. The third-order valence-electron chi connectivity index (χ3n) is 5.31. The molecule has 2 aromatic carbocycles. The Kier molecular flexibility index (Phi) is 5.95. The molecule has 1 N–H and O–H groups in total. The van der Waals surface area contributed by atoms with Crippen molar-refractivity contribution < 1.29 is 9.21 Å². The van der Waals surface area contributed by atoms with Crippen molar-refractivity contribution in [1.82, 2.24) is 20.3 Å². The summed E-state index contributed by atoms with van der Waals surface area (Å²) in [5, 5.41) is 2.90. The lowest BCUT2D eigenvalue weighted by molar-refractivity contribution is 0.0947. The Bertz CT molecular complexity index is 1420. The fraction of sp³-hybridized carbons (Fsp3) is 0.154. The van der Waals surface area contributed by atoms with Gasteiger partial charge in [-0.3, -0.25) is 4.79 Å². The summed E-state index contributed by atoms with van der Waals surface area (Å²) in [5.74, 6) is 2.15. The van der Waals surface area contributed by atoms with Gasteiger partial charge in [-0.2, -0.15) is 0 Å². The smallest absolute Gasteiger partial charge is 0.251 e. The molecule has 0 unspecified atom stereocenters. The zero-order chi connectivity index (χ0) is 22.6. The van der Waals surface area contributed by atoms with Crippen LogP contribution in [-0.4, -0.2) is 20.9 Å². The fourth-order valence-electron chi connectivity index (χ4n) is 3.70. The first-order valence-electron chi connectivity index (χ1n) is 10.7. The van der Waals surface area contributed by atoms with E-state index in [9.17, 15) is 4.79 Å². The molecule has 0 spiro atoms. The van der Waals surface area contributed by atoms with Gasteiger partial charge in [-0.15, -0.1) is 11.3 Å². The number of nitrogens with zero attached hydrogens (tertiary/aromatic N) is 3. The highest BCUT2D eigenvalue weighted by Gasteiger charge is 2.09. The zero-order valence-corrected chi connectivity index (χ0v) is 18.9. The van der Waals surface area contributed by atoms with Crippen LogP contribution in [0.3, 0.4) is 0 Å². The zero-order valence-electron chi connectivity index (χ0n) is 18.1. The number of amides is 1. The second-order valence-electron chi connectivity index (χ2n) is 7.87. The molecule has 5 rings (SSSR count). The summed E-state index contributed by atoms with van der Waals surface area (Å²) in [4.78, 5) is 26.1. The number of carbonyl (C=O) groups excluding carboxylic acids is 1. The molecule has 3 aromatic heterocycles. The van der Waals surface area contributed by atoms with E-state index in [2.05, 4.69) is 27.4 Å². The second-order valence-corrected chi connectivity index (χ2v) is 8.75. The van der Waals surface area contributed by atoms with Gasteiger partial charge in [-0.1, -0.05) is 18.2 Å². The average Bonchev–Trinajstić information content (AvgIpc) is 3.46. The number of benzene rings is 2. The van der Waals surface area contributed by atoms with Gasteiger partial charge in [-0.25, -0.2) is 15.0 Å². The summed E-state index contributed by atoms with van der Waals surface area (Å²) in [6.07, 6.45) is 3.09. The van der Waals surface area contributed by atoms with Crippen LogP contribution in [0.15, 0.2) is 76.8 Å². The lowest BCUT2D eigenvalue weighted by atomic mass is 10.1. The molecule has 3 heterocycles. The predicted octanol–water partition coefficient (Wildman–Crippen LogP) is 5.10. The minimum atomic E-state index is -0.140. The van der Waals surface area contributed by atoms with E-state index in [1.807, 2.05) is 54.9 Å². The number of thiazole rings is 1. The molecule has 0 aliphatic heterocycles. The van der Waals surface area contributed by atoms with E-state index in [4.69, 9.17) is 9.40 Å². The van der Waals surface area contributed by atoms with Crippen LogP contribution < -0.4 is 5.32 Å². The summed E-state index contributed by atoms with van der Waals surface area (Å²) in [5.41, 5.74) is 6.64. The normalized spacial score (nSPS) is 11.1. The van der Waals surface area contributed by atoms with Gasteiger partial charge in [0.2, 0.25) is 0 Å². The first kappa shape index (κ1) is 21.0. The van der Waals surface area contributed by atoms with Gasteiger partial charge in [0.15, 0.2) is 0 Å². The van der Waals surface area contributed by atoms with Crippen LogP contribution in [0.4, 0.5) is 0 Å². The maximum absolute atomic E-state index is 12.6. The lowest BCUT2D eigenvalue weighted by Crippen LogP contribution is -2.22. The maximum Gasteiger partial charge on any atom is 0.251 e. The van der Waals surface area contributed by atoms with E-state index in [1.165, 1.54) is 10.3 Å². The van der Waals surface area contributed by atoms with Crippen molar-refractivity contribution in [3.05, 3.63) is 112 Å². The summed E-state index contributed by atoms with van der Waals surface area (Å²) in [6, 6.07) is 19.6. The minimum absolute atomic E-state index is 0.140. The Hall–Kier alpha value is -3.84. The molecule has 7 heteroatoms. The average molecular weight is 455 g/mol. The molecule has 5 aromatic rings. The Labute approximate surface area is 195 Å². The van der Waals surface area contributed by atoms with E-state index in [0.29, 0.717) is 18.5 Å². The Balaban J connectivity index is 1.25. The third kappa shape index (κ3) is 5.15. The van der Waals surface area contributed by atoms with Gasteiger partial charge in [0.05, 0.1) is 22.3 Å². The SMILES string of the molecule is Cc1ccc(CNC(=O)c2cccc(Cc3nccc(Cc4ccc5ncsc5c4)n3)c2)o1. The van der Waals surface area contributed by atoms with Crippen molar-refractivity contribution in [3.8, 4) is 0 Å². The number of aromatic nitrogens is 3. The van der Waals surface area contributed by atoms with Gasteiger partial charge >= 0.3 is 0 Å². The molecular formula is C26H22N4O2S. The predicted molar refractivity (Wildman–Crippen MR) is 128 cm³/mol. The molecule has 0 atom stereocenters. The van der Waals surface area contributed by atoms with Gasteiger partial charge in [0.1, 0.15) is 17.3 Å². The minimum Gasteiger partial charge on any atom is -0.465 e.